The molecule has 0 aliphatic rings. The maximum absolute atomic E-state index is 13.0. The quantitative estimate of drug-likeness (QED) is 0.590. The standard InChI is InChI=1S/C16H13F3O5S/c1-10(20)11-7-8-13(14(9-11)23-2)24-25(21,22)15-6-4-3-5-12(15)16(17,18)19/h3-9H,1-2H3. The third-order valence-corrected chi connectivity index (χ3v) is 4.53. The van der Waals surface area contributed by atoms with E-state index in [9.17, 15) is 26.4 Å². The van der Waals surface area contributed by atoms with Crippen molar-refractivity contribution in [2.24, 2.45) is 0 Å². The van der Waals surface area contributed by atoms with Crippen molar-refractivity contribution in [1.82, 2.24) is 0 Å². The molecule has 0 saturated carbocycles. The summed E-state index contributed by atoms with van der Waals surface area (Å²) in [6.45, 7) is 1.30. The molecule has 0 aliphatic carbocycles. The van der Waals surface area contributed by atoms with Gasteiger partial charge in [0, 0.05) is 5.56 Å². The molecule has 0 fully saturated rings. The molecule has 0 aliphatic heterocycles. The van der Waals surface area contributed by atoms with E-state index in [1.807, 2.05) is 0 Å². The van der Waals surface area contributed by atoms with Crippen LogP contribution < -0.4 is 8.92 Å². The molecule has 0 heterocycles. The van der Waals surface area contributed by atoms with Gasteiger partial charge in [0.15, 0.2) is 17.3 Å². The van der Waals surface area contributed by atoms with Gasteiger partial charge in [-0.15, -0.1) is 0 Å². The smallest absolute Gasteiger partial charge is 0.417 e. The molecule has 0 bridgehead atoms. The number of methoxy groups -OCH3 is 1. The number of Topliss-reactive ketones (excluding diaryl/α,β-unsaturated/α-hetero) is 1. The fraction of sp³-hybridized carbons (Fsp3) is 0.188. The summed E-state index contributed by atoms with van der Waals surface area (Å²) in [6, 6.07) is 7.34. The van der Waals surface area contributed by atoms with Crippen LogP contribution in [0.1, 0.15) is 22.8 Å². The van der Waals surface area contributed by atoms with Crippen molar-refractivity contribution in [2.75, 3.05) is 7.11 Å². The Kier molecular flexibility index (Phi) is 5.07. The molecule has 2 aromatic rings. The molecule has 0 saturated heterocycles. The minimum atomic E-state index is -4.87. The minimum Gasteiger partial charge on any atom is -0.493 e. The van der Waals surface area contributed by atoms with Crippen LogP contribution >= 0.6 is 0 Å². The Morgan fingerprint density at radius 3 is 2.24 bits per heavy atom. The Morgan fingerprint density at radius 2 is 1.68 bits per heavy atom. The second-order valence-corrected chi connectivity index (χ2v) is 6.47. The number of halogens is 3. The van der Waals surface area contributed by atoms with Crippen LogP contribution in [-0.2, 0) is 16.3 Å². The topological polar surface area (TPSA) is 69.7 Å². The van der Waals surface area contributed by atoms with Crippen molar-refractivity contribution < 1.29 is 35.3 Å². The van der Waals surface area contributed by atoms with Crippen LogP contribution in [0.25, 0.3) is 0 Å². The highest BCUT2D eigenvalue weighted by Crippen LogP contribution is 2.36. The largest absolute Gasteiger partial charge is 0.493 e. The van der Waals surface area contributed by atoms with Crippen molar-refractivity contribution in [1.29, 1.82) is 0 Å². The summed E-state index contributed by atoms with van der Waals surface area (Å²) in [7, 11) is -3.57. The number of alkyl halides is 3. The van der Waals surface area contributed by atoms with Crippen LogP contribution in [0.3, 0.4) is 0 Å². The zero-order valence-electron chi connectivity index (χ0n) is 13.1. The number of benzene rings is 2. The van der Waals surface area contributed by atoms with Crippen molar-refractivity contribution in [2.45, 2.75) is 18.0 Å². The molecule has 25 heavy (non-hydrogen) atoms. The molecule has 5 nitrogen and oxygen atoms in total. The molecule has 0 aromatic heterocycles. The van der Waals surface area contributed by atoms with Crippen LogP contribution in [0.15, 0.2) is 47.4 Å². The number of carbonyl (C=O) groups excluding carboxylic acids is 1. The van der Waals surface area contributed by atoms with Crippen LogP contribution in [0.5, 0.6) is 11.5 Å². The first-order valence-electron chi connectivity index (χ1n) is 6.86. The monoisotopic (exact) mass is 374 g/mol. The second-order valence-electron chi connectivity index (χ2n) is 4.95. The van der Waals surface area contributed by atoms with Gasteiger partial charge in [-0.2, -0.15) is 21.6 Å². The zero-order valence-corrected chi connectivity index (χ0v) is 13.9. The van der Waals surface area contributed by atoms with Gasteiger partial charge in [0.25, 0.3) is 0 Å². The Balaban J connectivity index is 2.49. The third kappa shape index (κ3) is 4.11. The Hall–Kier alpha value is -2.55. The van der Waals surface area contributed by atoms with Gasteiger partial charge in [0.1, 0.15) is 4.90 Å². The van der Waals surface area contributed by atoms with E-state index >= 15 is 0 Å². The van der Waals surface area contributed by atoms with Crippen molar-refractivity contribution >= 4 is 15.9 Å². The summed E-state index contributed by atoms with van der Waals surface area (Å²) >= 11 is 0. The van der Waals surface area contributed by atoms with Gasteiger partial charge in [-0.1, -0.05) is 12.1 Å². The average molecular weight is 374 g/mol. The molecule has 0 N–H and O–H groups in total. The lowest BCUT2D eigenvalue weighted by atomic mass is 10.1. The number of carbonyl (C=O) groups is 1. The summed E-state index contributed by atoms with van der Waals surface area (Å²) in [5, 5.41) is 0. The fourth-order valence-corrected chi connectivity index (χ4v) is 3.20. The molecule has 0 amide bonds. The SMILES string of the molecule is COc1cc(C(C)=O)ccc1OS(=O)(=O)c1ccccc1C(F)(F)F. The molecule has 134 valence electrons. The maximum atomic E-state index is 13.0. The summed E-state index contributed by atoms with van der Waals surface area (Å²) in [4.78, 5) is 10.3. The average Bonchev–Trinajstić information content (AvgIpc) is 2.54. The van der Waals surface area contributed by atoms with E-state index < -0.39 is 26.8 Å². The van der Waals surface area contributed by atoms with Crippen molar-refractivity contribution in [3.05, 3.63) is 53.6 Å². The molecule has 2 rings (SSSR count). The number of rotatable bonds is 5. The first-order valence-corrected chi connectivity index (χ1v) is 8.27. The van der Waals surface area contributed by atoms with Gasteiger partial charge in [-0.25, -0.2) is 0 Å². The van der Waals surface area contributed by atoms with Crippen LogP contribution in [-0.4, -0.2) is 21.3 Å². The van der Waals surface area contributed by atoms with Crippen molar-refractivity contribution in [3.8, 4) is 11.5 Å². The molecule has 0 radical (unpaired) electrons. The molecule has 0 unspecified atom stereocenters. The van der Waals surface area contributed by atoms with Crippen LogP contribution in [0.4, 0.5) is 13.2 Å². The predicted molar refractivity (Wildman–Crippen MR) is 82.3 cm³/mol. The Labute approximate surface area is 142 Å². The normalized spacial score (nSPS) is 11.9. The lowest BCUT2D eigenvalue weighted by molar-refractivity contribution is -0.139. The molecule has 9 heteroatoms. The zero-order chi connectivity index (χ0) is 18.8. The van der Waals surface area contributed by atoms with E-state index in [4.69, 9.17) is 8.92 Å². The third-order valence-electron chi connectivity index (χ3n) is 3.23. The molecule has 2 aromatic carbocycles. The van der Waals surface area contributed by atoms with Crippen LogP contribution in [0, 0.1) is 0 Å². The summed E-state index contributed by atoms with van der Waals surface area (Å²) < 4.78 is 73.5. The number of ether oxygens (including phenoxy) is 1. The first-order chi connectivity index (χ1) is 11.6. The number of hydrogen-bond acceptors (Lipinski definition) is 5. The Morgan fingerprint density at radius 1 is 1.04 bits per heavy atom. The summed E-state index contributed by atoms with van der Waals surface area (Å²) in [6.07, 6.45) is -4.87. The summed E-state index contributed by atoms with van der Waals surface area (Å²) in [5.74, 6) is -0.722. The predicted octanol–water partition coefficient (Wildman–Crippen LogP) is 3.68. The van der Waals surface area contributed by atoms with E-state index in [0.29, 0.717) is 6.07 Å². The highest BCUT2D eigenvalue weighted by atomic mass is 32.2. The molecular formula is C16H13F3O5S. The van der Waals surface area contributed by atoms with E-state index in [0.717, 1.165) is 24.3 Å². The van der Waals surface area contributed by atoms with Crippen molar-refractivity contribution in [3.63, 3.8) is 0 Å². The first kappa shape index (κ1) is 18.8. The van der Waals surface area contributed by atoms with Gasteiger partial charge in [0.2, 0.25) is 0 Å². The van der Waals surface area contributed by atoms with E-state index in [1.54, 1.807) is 0 Å². The van der Waals surface area contributed by atoms with Gasteiger partial charge in [-0.05, 0) is 37.3 Å². The highest BCUT2D eigenvalue weighted by Gasteiger charge is 2.38. The van der Waals surface area contributed by atoms with Gasteiger partial charge in [0.05, 0.1) is 12.7 Å². The van der Waals surface area contributed by atoms with Gasteiger partial charge >= 0.3 is 16.3 Å². The minimum absolute atomic E-state index is 0.0965. The maximum Gasteiger partial charge on any atom is 0.417 e. The highest BCUT2D eigenvalue weighted by molar-refractivity contribution is 7.87. The van der Waals surface area contributed by atoms with E-state index in [1.165, 1.54) is 26.2 Å². The molecule has 0 atom stereocenters. The fourth-order valence-electron chi connectivity index (χ4n) is 2.04. The van der Waals surface area contributed by atoms with Gasteiger partial charge in [-0.3, -0.25) is 4.79 Å². The summed E-state index contributed by atoms with van der Waals surface area (Å²) in [5.41, 5.74) is -1.10. The Bertz CT molecular complexity index is 904. The van der Waals surface area contributed by atoms with E-state index in [2.05, 4.69) is 0 Å². The number of hydrogen-bond donors (Lipinski definition) is 0. The molecule has 0 spiro atoms. The van der Waals surface area contributed by atoms with Crippen LogP contribution in [0.2, 0.25) is 0 Å². The lowest BCUT2D eigenvalue weighted by Crippen LogP contribution is -2.17. The molecular weight excluding hydrogens is 361 g/mol. The lowest BCUT2D eigenvalue weighted by Gasteiger charge is -2.15. The number of ketones is 1. The van der Waals surface area contributed by atoms with E-state index in [-0.39, 0.29) is 22.8 Å². The second kappa shape index (κ2) is 6.75. The van der Waals surface area contributed by atoms with Gasteiger partial charge < -0.3 is 8.92 Å².